The van der Waals surface area contributed by atoms with Crippen LogP contribution >= 0.6 is 23.8 Å². The number of rotatable bonds is 6. The molecule has 0 aliphatic rings. The number of aromatic hydroxyl groups is 2. The van der Waals surface area contributed by atoms with Crippen molar-refractivity contribution in [1.29, 1.82) is 0 Å². The van der Waals surface area contributed by atoms with E-state index < -0.39 is 0 Å². The van der Waals surface area contributed by atoms with Crippen LogP contribution in [0.15, 0.2) is 42.5 Å². The molecule has 0 heterocycles. The summed E-state index contributed by atoms with van der Waals surface area (Å²) in [5, 5.41) is 26.3. The highest BCUT2D eigenvalue weighted by atomic mass is 35.5. The predicted octanol–water partition coefficient (Wildman–Crippen LogP) is 3.00. The predicted molar refractivity (Wildman–Crippen MR) is 97.2 cm³/mol. The maximum atomic E-state index is 9.43. The smallest absolute Gasteiger partial charge is 0.166 e. The summed E-state index contributed by atoms with van der Waals surface area (Å²) in [5.74, 6) is -0.215. The molecule has 0 unspecified atom stereocenters. The number of nitrogens with one attached hydrogen (secondary N) is 2. The van der Waals surface area contributed by atoms with Crippen molar-refractivity contribution in [2.24, 2.45) is 0 Å². The molecule has 23 heavy (non-hydrogen) atoms. The molecule has 0 aliphatic heterocycles. The van der Waals surface area contributed by atoms with E-state index in [4.69, 9.17) is 23.8 Å². The van der Waals surface area contributed by atoms with Crippen molar-refractivity contribution in [3.63, 3.8) is 0 Å². The highest BCUT2D eigenvalue weighted by Crippen LogP contribution is 2.24. The Morgan fingerprint density at radius 3 is 2.04 bits per heavy atom. The van der Waals surface area contributed by atoms with Crippen molar-refractivity contribution in [1.82, 2.24) is 10.6 Å². The van der Waals surface area contributed by atoms with Gasteiger partial charge in [0.15, 0.2) is 16.6 Å². The monoisotopic (exact) mass is 350 g/mol. The summed E-state index contributed by atoms with van der Waals surface area (Å²) in [5.41, 5.74) is 2.13. The second-order valence-corrected chi connectivity index (χ2v) is 5.98. The summed E-state index contributed by atoms with van der Waals surface area (Å²) in [6, 6.07) is 12.5. The number of phenols is 2. The van der Waals surface area contributed by atoms with Crippen molar-refractivity contribution in [3.05, 3.63) is 58.6 Å². The maximum Gasteiger partial charge on any atom is 0.166 e. The molecule has 0 radical (unpaired) electrons. The van der Waals surface area contributed by atoms with Crippen LogP contribution in [-0.2, 0) is 12.8 Å². The molecule has 0 bridgehead atoms. The van der Waals surface area contributed by atoms with Gasteiger partial charge in [-0.3, -0.25) is 0 Å². The summed E-state index contributed by atoms with van der Waals surface area (Å²) in [7, 11) is 0. The van der Waals surface area contributed by atoms with Gasteiger partial charge in [0.05, 0.1) is 0 Å². The second kappa shape index (κ2) is 8.60. The summed E-state index contributed by atoms with van der Waals surface area (Å²) in [6.45, 7) is 1.39. The summed E-state index contributed by atoms with van der Waals surface area (Å²) in [6.07, 6.45) is 1.57. The highest BCUT2D eigenvalue weighted by Gasteiger charge is 2.01. The van der Waals surface area contributed by atoms with Crippen molar-refractivity contribution in [3.8, 4) is 11.5 Å². The molecule has 4 N–H and O–H groups in total. The lowest BCUT2D eigenvalue weighted by molar-refractivity contribution is 0.403. The number of hydrogen-bond acceptors (Lipinski definition) is 3. The fourth-order valence-corrected chi connectivity index (χ4v) is 2.41. The van der Waals surface area contributed by atoms with Crippen LogP contribution in [0.4, 0.5) is 0 Å². The minimum absolute atomic E-state index is 0.105. The normalized spacial score (nSPS) is 10.3. The van der Waals surface area contributed by atoms with Gasteiger partial charge in [0.25, 0.3) is 0 Å². The Morgan fingerprint density at radius 2 is 1.43 bits per heavy atom. The Balaban J connectivity index is 1.65. The molecule has 0 saturated heterocycles. The van der Waals surface area contributed by atoms with Gasteiger partial charge in [-0.25, -0.2) is 0 Å². The van der Waals surface area contributed by atoms with Crippen LogP contribution in [0.1, 0.15) is 11.1 Å². The first-order chi connectivity index (χ1) is 11.0. The topological polar surface area (TPSA) is 64.5 Å². The lowest BCUT2D eigenvalue weighted by Crippen LogP contribution is -2.37. The molecule has 2 aromatic rings. The van der Waals surface area contributed by atoms with Crippen LogP contribution in [0.2, 0.25) is 5.02 Å². The number of thiocarbonyl (C=S) groups is 1. The van der Waals surface area contributed by atoms with Crippen LogP contribution in [0.5, 0.6) is 11.5 Å². The van der Waals surface area contributed by atoms with Crippen LogP contribution in [0, 0.1) is 0 Å². The van der Waals surface area contributed by atoms with E-state index in [0.29, 0.717) is 18.1 Å². The van der Waals surface area contributed by atoms with Gasteiger partial charge in [0.1, 0.15) is 0 Å². The van der Waals surface area contributed by atoms with Crippen LogP contribution in [0.3, 0.4) is 0 Å². The van der Waals surface area contributed by atoms with Gasteiger partial charge in [-0.2, -0.15) is 0 Å². The first-order valence-corrected chi connectivity index (χ1v) is 8.10. The van der Waals surface area contributed by atoms with E-state index in [2.05, 4.69) is 10.6 Å². The summed E-state index contributed by atoms with van der Waals surface area (Å²) >= 11 is 11.1. The van der Waals surface area contributed by atoms with Crippen molar-refractivity contribution in [2.45, 2.75) is 12.8 Å². The standard InChI is InChI=1S/C17H19ClN2O2S/c18-14-4-1-12(2-5-14)7-9-19-17(23)20-10-8-13-3-6-15(21)16(22)11-13/h1-6,11,21-22H,7-10H2,(H2,19,20,23). The number of benzene rings is 2. The first-order valence-electron chi connectivity index (χ1n) is 7.31. The molecular weight excluding hydrogens is 332 g/mol. The van der Waals surface area contributed by atoms with Gasteiger partial charge in [-0.1, -0.05) is 29.8 Å². The summed E-state index contributed by atoms with van der Waals surface area (Å²) < 4.78 is 0. The fraction of sp³-hybridized carbons (Fsp3) is 0.235. The Bertz CT molecular complexity index is 662. The Kier molecular flexibility index (Phi) is 6.50. The van der Waals surface area contributed by atoms with Gasteiger partial charge < -0.3 is 20.8 Å². The Hall–Kier alpha value is -1.98. The molecule has 0 saturated carbocycles. The quantitative estimate of drug-likeness (QED) is 0.476. The third-order valence-electron chi connectivity index (χ3n) is 3.35. The minimum atomic E-state index is -0.110. The average Bonchev–Trinajstić information content (AvgIpc) is 2.53. The molecule has 6 heteroatoms. The molecule has 4 nitrogen and oxygen atoms in total. The van der Waals surface area contributed by atoms with Gasteiger partial charge in [0, 0.05) is 18.1 Å². The van der Waals surface area contributed by atoms with Gasteiger partial charge in [-0.15, -0.1) is 0 Å². The SMILES string of the molecule is Oc1ccc(CCNC(=S)NCCc2ccc(Cl)cc2)cc1O. The summed E-state index contributed by atoms with van der Waals surface area (Å²) in [4.78, 5) is 0. The first kappa shape index (κ1) is 17.4. The molecule has 2 rings (SSSR count). The zero-order chi connectivity index (χ0) is 16.7. The molecule has 0 amide bonds. The maximum absolute atomic E-state index is 9.43. The fourth-order valence-electron chi connectivity index (χ4n) is 2.08. The lowest BCUT2D eigenvalue weighted by atomic mass is 10.1. The van der Waals surface area contributed by atoms with E-state index in [1.54, 1.807) is 12.1 Å². The largest absolute Gasteiger partial charge is 0.504 e. The third kappa shape index (κ3) is 5.96. The van der Waals surface area contributed by atoms with Gasteiger partial charge >= 0.3 is 0 Å². The second-order valence-electron chi connectivity index (χ2n) is 5.13. The van der Waals surface area contributed by atoms with Crippen LogP contribution in [-0.4, -0.2) is 28.4 Å². The molecule has 0 atom stereocenters. The van der Waals surface area contributed by atoms with E-state index in [1.807, 2.05) is 24.3 Å². The highest BCUT2D eigenvalue weighted by molar-refractivity contribution is 7.80. The number of phenolic OH excluding ortho intramolecular Hbond substituents is 2. The van der Waals surface area contributed by atoms with E-state index in [9.17, 15) is 10.2 Å². The zero-order valence-corrected chi connectivity index (χ0v) is 14.1. The third-order valence-corrected chi connectivity index (χ3v) is 3.89. The molecule has 2 aromatic carbocycles. The molecule has 0 spiro atoms. The van der Waals surface area contributed by atoms with E-state index >= 15 is 0 Å². The van der Waals surface area contributed by atoms with Crippen LogP contribution in [0.25, 0.3) is 0 Å². The Labute approximate surface area is 146 Å². The lowest BCUT2D eigenvalue weighted by Gasteiger charge is -2.11. The number of hydrogen-bond donors (Lipinski definition) is 4. The molecule has 122 valence electrons. The van der Waals surface area contributed by atoms with E-state index in [1.165, 1.54) is 11.6 Å². The van der Waals surface area contributed by atoms with Crippen LogP contribution < -0.4 is 10.6 Å². The molecule has 0 aromatic heterocycles. The van der Waals surface area contributed by atoms with E-state index in [0.717, 1.165) is 23.6 Å². The minimum Gasteiger partial charge on any atom is -0.504 e. The van der Waals surface area contributed by atoms with E-state index in [-0.39, 0.29) is 11.5 Å². The van der Waals surface area contributed by atoms with Gasteiger partial charge in [0.2, 0.25) is 0 Å². The zero-order valence-electron chi connectivity index (χ0n) is 12.6. The van der Waals surface area contributed by atoms with Crippen molar-refractivity contribution in [2.75, 3.05) is 13.1 Å². The van der Waals surface area contributed by atoms with Crippen molar-refractivity contribution >= 4 is 28.9 Å². The van der Waals surface area contributed by atoms with Crippen molar-refractivity contribution < 1.29 is 10.2 Å². The van der Waals surface area contributed by atoms with Gasteiger partial charge in [-0.05, 0) is 60.5 Å². The molecule has 0 fully saturated rings. The Morgan fingerprint density at radius 1 is 0.870 bits per heavy atom. The molecule has 0 aliphatic carbocycles. The average molecular weight is 351 g/mol. The molecular formula is C17H19ClN2O2S. The number of halogens is 1.